The first-order valence-corrected chi connectivity index (χ1v) is 15.3. The molecule has 0 bridgehead atoms. The van der Waals surface area contributed by atoms with Crippen molar-refractivity contribution in [3.05, 3.63) is 82.4 Å². The Morgan fingerprint density at radius 1 is 1.16 bits per heavy atom. The SMILES string of the molecule is C=CCC1(C)CC(c2cccc(Cl)c2)C(c2ccc(Cl)cc2)N(C(CCC)C(=O)NS(=O)(=O)C2CC2)C1=O. The van der Waals surface area contributed by atoms with Crippen molar-refractivity contribution in [3.8, 4) is 0 Å². The number of carbonyl (C=O) groups is 2. The topological polar surface area (TPSA) is 83.6 Å². The molecular formula is C29H34Cl2N2O4S. The molecule has 2 aromatic carbocycles. The summed E-state index contributed by atoms with van der Waals surface area (Å²) in [5.74, 6) is -1.09. The maximum atomic E-state index is 14.4. The lowest BCUT2D eigenvalue weighted by Crippen LogP contribution is -2.59. The summed E-state index contributed by atoms with van der Waals surface area (Å²) in [4.78, 5) is 29.7. The van der Waals surface area contributed by atoms with Crippen molar-refractivity contribution in [3.63, 3.8) is 0 Å². The lowest BCUT2D eigenvalue weighted by molar-refractivity contribution is -0.158. The predicted molar refractivity (Wildman–Crippen MR) is 152 cm³/mol. The van der Waals surface area contributed by atoms with E-state index >= 15 is 0 Å². The quantitative estimate of drug-likeness (QED) is 0.331. The Hall–Kier alpha value is -2.35. The average Bonchev–Trinajstić information content (AvgIpc) is 3.71. The van der Waals surface area contributed by atoms with Crippen molar-refractivity contribution in [2.75, 3.05) is 0 Å². The summed E-state index contributed by atoms with van der Waals surface area (Å²) in [5.41, 5.74) is 0.901. The zero-order chi connectivity index (χ0) is 27.7. The zero-order valence-electron chi connectivity index (χ0n) is 21.7. The minimum absolute atomic E-state index is 0.201. The monoisotopic (exact) mass is 576 g/mol. The van der Waals surface area contributed by atoms with E-state index in [1.165, 1.54) is 0 Å². The molecule has 2 fully saturated rings. The van der Waals surface area contributed by atoms with Crippen LogP contribution in [0.2, 0.25) is 10.0 Å². The normalized spacial score (nSPS) is 24.6. The zero-order valence-corrected chi connectivity index (χ0v) is 24.0. The molecule has 4 unspecified atom stereocenters. The lowest BCUT2D eigenvalue weighted by atomic mass is 9.67. The third kappa shape index (κ3) is 5.95. The summed E-state index contributed by atoms with van der Waals surface area (Å²) in [6.07, 6.45) is 4.60. The van der Waals surface area contributed by atoms with E-state index in [1.54, 1.807) is 29.2 Å². The summed E-state index contributed by atoms with van der Waals surface area (Å²) >= 11 is 12.6. The van der Waals surface area contributed by atoms with Crippen LogP contribution in [0.15, 0.2) is 61.2 Å². The van der Waals surface area contributed by atoms with Crippen molar-refractivity contribution < 1.29 is 18.0 Å². The number of sulfonamides is 1. The number of benzene rings is 2. The summed E-state index contributed by atoms with van der Waals surface area (Å²) in [7, 11) is -3.79. The standard InChI is InChI=1S/C29H34Cl2N2O4S/c1-4-7-25(27(34)32-38(36,37)23-14-15-23)33-26(19-10-12-21(30)13-11-19)24(20-8-6-9-22(31)17-20)18-29(3,16-5-2)28(33)35/h5-6,8-13,17,23-26H,2,4,7,14-16,18H2,1,3H3,(H,32,34). The van der Waals surface area contributed by atoms with E-state index in [1.807, 2.05) is 44.2 Å². The number of rotatable bonds is 10. The molecule has 9 heteroatoms. The van der Waals surface area contributed by atoms with Gasteiger partial charge in [-0.15, -0.1) is 6.58 Å². The first kappa shape index (κ1) is 28.7. The van der Waals surface area contributed by atoms with E-state index in [9.17, 15) is 18.0 Å². The number of allylic oxidation sites excluding steroid dienone is 1. The second-order valence-corrected chi connectivity index (χ2v) is 13.5. The molecule has 1 aliphatic carbocycles. The molecule has 6 nitrogen and oxygen atoms in total. The first-order chi connectivity index (χ1) is 18.0. The van der Waals surface area contributed by atoms with Crippen molar-refractivity contribution in [1.82, 2.24) is 9.62 Å². The fourth-order valence-electron chi connectivity index (χ4n) is 5.57. The van der Waals surface area contributed by atoms with E-state index in [2.05, 4.69) is 11.3 Å². The number of piperidine rings is 1. The molecule has 1 heterocycles. The minimum atomic E-state index is -3.79. The van der Waals surface area contributed by atoms with Gasteiger partial charge in [-0.25, -0.2) is 8.42 Å². The Labute approximate surface area is 235 Å². The molecule has 0 radical (unpaired) electrons. The Kier molecular flexibility index (Phi) is 8.60. The first-order valence-electron chi connectivity index (χ1n) is 13.0. The molecule has 1 N–H and O–H groups in total. The molecule has 0 aromatic heterocycles. The minimum Gasteiger partial charge on any atom is -0.322 e. The van der Waals surface area contributed by atoms with Crippen LogP contribution in [0, 0.1) is 5.41 Å². The summed E-state index contributed by atoms with van der Waals surface area (Å²) < 4.78 is 27.8. The van der Waals surface area contributed by atoms with Crippen LogP contribution in [-0.4, -0.2) is 36.4 Å². The number of nitrogens with one attached hydrogen (secondary N) is 1. The molecular weight excluding hydrogens is 543 g/mol. The Morgan fingerprint density at radius 2 is 1.84 bits per heavy atom. The van der Waals surface area contributed by atoms with Crippen LogP contribution in [0.3, 0.4) is 0 Å². The molecule has 1 saturated heterocycles. The number of carbonyl (C=O) groups excluding carboxylic acids is 2. The van der Waals surface area contributed by atoms with Gasteiger partial charge in [0.2, 0.25) is 15.9 Å². The molecule has 1 aliphatic heterocycles. The van der Waals surface area contributed by atoms with E-state index in [0.717, 1.165) is 11.1 Å². The Balaban J connectivity index is 1.89. The van der Waals surface area contributed by atoms with Gasteiger partial charge in [-0.3, -0.25) is 14.3 Å². The predicted octanol–water partition coefficient (Wildman–Crippen LogP) is 6.41. The molecule has 38 heavy (non-hydrogen) atoms. The van der Waals surface area contributed by atoms with Gasteiger partial charge in [0.05, 0.1) is 16.7 Å². The Bertz CT molecular complexity index is 1310. The lowest BCUT2D eigenvalue weighted by Gasteiger charge is -2.51. The van der Waals surface area contributed by atoms with E-state index in [4.69, 9.17) is 23.2 Å². The average molecular weight is 578 g/mol. The molecule has 4 rings (SSSR count). The van der Waals surface area contributed by atoms with Crippen LogP contribution in [0.1, 0.15) is 75.5 Å². The van der Waals surface area contributed by atoms with Crippen LogP contribution in [0.4, 0.5) is 0 Å². The Morgan fingerprint density at radius 3 is 2.42 bits per heavy atom. The van der Waals surface area contributed by atoms with Crippen LogP contribution >= 0.6 is 23.2 Å². The third-order valence-corrected chi connectivity index (χ3v) is 9.91. The highest BCUT2D eigenvalue weighted by molar-refractivity contribution is 7.90. The maximum absolute atomic E-state index is 14.4. The summed E-state index contributed by atoms with van der Waals surface area (Å²) in [6.45, 7) is 7.69. The number of halogens is 2. The maximum Gasteiger partial charge on any atom is 0.256 e. The molecule has 204 valence electrons. The van der Waals surface area contributed by atoms with Gasteiger partial charge in [0.1, 0.15) is 6.04 Å². The third-order valence-electron chi connectivity index (χ3n) is 7.59. The second-order valence-electron chi connectivity index (χ2n) is 10.6. The van der Waals surface area contributed by atoms with Crippen molar-refractivity contribution in [1.29, 1.82) is 0 Å². The van der Waals surface area contributed by atoms with Crippen molar-refractivity contribution in [2.24, 2.45) is 5.41 Å². The van der Waals surface area contributed by atoms with E-state index in [0.29, 0.717) is 48.6 Å². The number of likely N-dealkylation sites (tertiary alicyclic amines) is 1. The smallest absolute Gasteiger partial charge is 0.256 e. The molecule has 2 amide bonds. The van der Waals surface area contributed by atoms with Gasteiger partial charge >= 0.3 is 0 Å². The van der Waals surface area contributed by atoms with Gasteiger partial charge < -0.3 is 4.90 Å². The molecule has 4 atom stereocenters. The van der Waals surface area contributed by atoms with Gasteiger partial charge in [0.15, 0.2) is 0 Å². The number of hydrogen-bond donors (Lipinski definition) is 1. The van der Waals surface area contributed by atoms with Crippen LogP contribution in [-0.2, 0) is 19.6 Å². The highest BCUT2D eigenvalue weighted by Gasteiger charge is 2.52. The van der Waals surface area contributed by atoms with Gasteiger partial charge in [-0.2, -0.15) is 0 Å². The number of hydrogen-bond acceptors (Lipinski definition) is 4. The van der Waals surface area contributed by atoms with Crippen LogP contribution < -0.4 is 4.72 Å². The highest BCUT2D eigenvalue weighted by atomic mass is 35.5. The van der Waals surface area contributed by atoms with E-state index in [-0.39, 0.29) is 11.8 Å². The summed E-state index contributed by atoms with van der Waals surface area (Å²) in [6, 6.07) is 13.3. The van der Waals surface area contributed by atoms with Crippen LogP contribution in [0.5, 0.6) is 0 Å². The molecule has 0 spiro atoms. The van der Waals surface area contributed by atoms with Gasteiger partial charge in [-0.1, -0.05) is 73.8 Å². The van der Waals surface area contributed by atoms with Gasteiger partial charge in [-0.05, 0) is 67.5 Å². The number of nitrogens with zero attached hydrogens (tertiary/aromatic N) is 1. The second kappa shape index (κ2) is 11.4. The molecule has 2 aliphatic rings. The fourth-order valence-corrected chi connectivity index (χ4v) is 7.24. The molecule has 1 saturated carbocycles. The van der Waals surface area contributed by atoms with E-state index < -0.39 is 38.7 Å². The highest BCUT2D eigenvalue weighted by Crippen LogP contribution is 2.52. The molecule has 2 aromatic rings. The van der Waals surface area contributed by atoms with Crippen molar-refractivity contribution >= 4 is 45.0 Å². The largest absolute Gasteiger partial charge is 0.322 e. The summed E-state index contributed by atoms with van der Waals surface area (Å²) in [5, 5.41) is 0.573. The fraction of sp³-hybridized carbons (Fsp3) is 0.448. The van der Waals surface area contributed by atoms with Crippen molar-refractivity contribution in [2.45, 2.75) is 75.6 Å². The van der Waals surface area contributed by atoms with Gasteiger partial charge in [0.25, 0.3) is 5.91 Å². The van der Waals surface area contributed by atoms with Crippen LogP contribution in [0.25, 0.3) is 0 Å². The number of amides is 2. The van der Waals surface area contributed by atoms with Gasteiger partial charge in [0, 0.05) is 16.0 Å².